The summed E-state index contributed by atoms with van der Waals surface area (Å²) < 4.78 is 31.0. The van der Waals surface area contributed by atoms with Crippen molar-refractivity contribution in [3.8, 4) is 0 Å². The molecule has 2 amide bonds. The van der Waals surface area contributed by atoms with E-state index in [1.807, 2.05) is 17.5 Å². The van der Waals surface area contributed by atoms with Crippen LogP contribution in [-0.4, -0.2) is 70.8 Å². The zero-order chi connectivity index (χ0) is 23.4. The van der Waals surface area contributed by atoms with Gasteiger partial charge in [-0.25, -0.2) is 8.42 Å². The quantitative estimate of drug-likeness (QED) is 0.593. The van der Waals surface area contributed by atoms with Crippen LogP contribution in [0, 0.1) is 0 Å². The maximum absolute atomic E-state index is 12.5. The first-order valence-corrected chi connectivity index (χ1v) is 13.6. The minimum Gasteiger partial charge on any atom is -0.379 e. The number of amides is 2. The van der Waals surface area contributed by atoms with Gasteiger partial charge in [-0.15, -0.1) is 11.3 Å². The number of sulfonamides is 1. The van der Waals surface area contributed by atoms with Gasteiger partial charge in [0.1, 0.15) is 0 Å². The fourth-order valence-electron chi connectivity index (χ4n) is 4.20. The number of hydrogen-bond acceptors (Lipinski definition) is 7. The topological polar surface area (TPSA) is 108 Å². The van der Waals surface area contributed by atoms with E-state index in [4.69, 9.17) is 4.74 Å². The number of rotatable bonds is 6. The molecular weight excluding hydrogens is 464 g/mol. The molecule has 178 valence electrons. The third-order valence-corrected chi connectivity index (χ3v) is 7.99. The van der Waals surface area contributed by atoms with Crippen LogP contribution in [0.25, 0.3) is 0 Å². The summed E-state index contributed by atoms with van der Waals surface area (Å²) in [7, 11) is -3.42. The molecule has 2 N–H and O–H groups in total. The number of fused-ring (bicyclic) bond motifs is 1. The summed E-state index contributed by atoms with van der Waals surface area (Å²) in [5, 5.41) is 7.34. The van der Waals surface area contributed by atoms with Gasteiger partial charge in [0.15, 0.2) is 0 Å². The number of benzene rings is 1. The lowest BCUT2D eigenvalue weighted by Crippen LogP contribution is -2.45. The summed E-state index contributed by atoms with van der Waals surface area (Å²) in [5.74, 6) is -1.52. The molecule has 1 aromatic heterocycles. The number of hydrogen-bond donors (Lipinski definition) is 2. The molecule has 0 spiro atoms. The molecule has 1 saturated heterocycles. The molecule has 11 heteroatoms. The number of carbonyl (C=O) groups is 2. The Morgan fingerprint density at radius 3 is 2.64 bits per heavy atom. The molecule has 1 atom stereocenters. The first kappa shape index (κ1) is 23.7. The molecule has 4 rings (SSSR count). The average Bonchev–Trinajstić information content (AvgIpc) is 3.33. The molecule has 2 aromatic rings. The highest BCUT2D eigenvalue weighted by molar-refractivity contribution is 7.92. The summed E-state index contributed by atoms with van der Waals surface area (Å²) in [6.45, 7) is 3.50. The Hall–Kier alpha value is -2.47. The monoisotopic (exact) mass is 492 g/mol. The van der Waals surface area contributed by atoms with Crippen molar-refractivity contribution in [1.82, 2.24) is 10.2 Å². The molecule has 2 aliphatic rings. The predicted molar refractivity (Wildman–Crippen MR) is 128 cm³/mol. The zero-order valence-corrected chi connectivity index (χ0v) is 20.1. The van der Waals surface area contributed by atoms with Crippen molar-refractivity contribution in [2.45, 2.75) is 18.9 Å². The number of carbonyl (C=O) groups excluding carboxylic acids is 2. The van der Waals surface area contributed by atoms with E-state index in [2.05, 4.69) is 15.5 Å². The predicted octanol–water partition coefficient (Wildman–Crippen LogP) is 1.59. The van der Waals surface area contributed by atoms with E-state index in [1.165, 1.54) is 10.6 Å². The third kappa shape index (κ3) is 5.72. The Bertz CT molecular complexity index is 1100. The van der Waals surface area contributed by atoms with Gasteiger partial charge in [0.25, 0.3) is 0 Å². The van der Waals surface area contributed by atoms with Crippen LogP contribution < -0.4 is 14.9 Å². The van der Waals surface area contributed by atoms with Crippen molar-refractivity contribution in [3.63, 3.8) is 0 Å². The van der Waals surface area contributed by atoms with Crippen molar-refractivity contribution in [1.29, 1.82) is 0 Å². The van der Waals surface area contributed by atoms with E-state index in [1.54, 1.807) is 29.5 Å². The van der Waals surface area contributed by atoms with Crippen LogP contribution >= 0.6 is 11.3 Å². The average molecular weight is 493 g/mol. The minimum atomic E-state index is -3.42. The van der Waals surface area contributed by atoms with Crippen LogP contribution in [0.3, 0.4) is 0 Å². The number of ether oxygens (including phenoxy) is 1. The highest BCUT2D eigenvalue weighted by Gasteiger charge is 2.27. The van der Waals surface area contributed by atoms with Gasteiger partial charge in [-0.3, -0.25) is 18.8 Å². The lowest BCUT2D eigenvalue weighted by Gasteiger charge is -2.34. The maximum atomic E-state index is 12.5. The maximum Gasteiger partial charge on any atom is 0.313 e. The van der Waals surface area contributed by atoms with Crippen LogP contribution in [0.1, 0.15) is 22.9 Å². The number of thiophene rings is 1. The van der Waals surface area contributed by atoms with E-state index < -0.39 is 21.8 Å². The Morgan fingerprint density at radius 1 is 1.15 bits per heavy atom. The van der Waals surface area contributed by atoms with Gasteiger partial charge >= 0.3 is 11.8 Å². The van der Waals surface area contributed by atoms with Crippen molar-refractivity contribution in [2.24, 2.45) is 0 Å². The van der Waals surface area contributed by atoms with Crippen molar-refractivity contribution in [3.05, 3.63) is 46.2 Å². The normalized spacial score (nSPS) is 17.8. The van der Waals surface area contributed by atoms with E-state index >= 15 is 0 Å². The number of morpholine rings is 1. The molecule has 9 nitrogen and oxygen atoms in total. The van der Waals surface area contributed by atoms with Crippen LogP contribution in [0.5, 0.6) is 0 Å². The smallest absolute Gasteiger partial charge is 0.313 e. The van der Waals surface area contributed by atoms with E-state index in [-0.39, 0.29) is 6.04 Å². The van der Waals surface area contributed by atoms with Gasteiger partial charge in [-0.05, 0) is 42.0 Å². The van der Waals surface area contributed by atoms with Gasteiger partial charge in [0, 0.05) is 36.7 Å². The number of aryl methyl sites for hydroxylation is 1. The second-order valence-corrected chi connectivity index (χ2v) is 11.0. The van der Waals surface area contributed by atoms with Crippen molar-refractivity contribution in [2.75, 3.05) is 55.3 Å². The standard InChI is InChI=1S/C22H28N4O5S2/c1-33(29,30)26-8-2-4-16-6-7-17(14-18(16)26)24-22(28)21(27)23-15-19(20-5-3-13-32-20)25-9-11-31-12-10-25/h3,5-7,13-14,19H,2,4,8-12,15H2,1H3,(H,23,27)(H,24,28)/t19-/m1/s1. The molecule has 0 bridgehead atoms. The summed E-state index contributed by atoms with van der Waals surface area (Å²) in [6.07, 6.45) is 2.67. The molecule has 1 fully saturated rings. The molecule has 0 unspecified atom stereocenters. The number of nitrogens with zero attached hydrogens (tertiary/aromatic N) is 2. The van der Waals surface area contributed by atoms with E-state index in [0.717, 1.165) is 36.4 Å². The van der Waals surface area contributed by atoms with E-state index in [9.17, 15) is 18.0 Å². The molecule has 0 radical (unpaired) electrons. The lowest BCUT2D eigenvalue weighted by molar-refractivity contribution is -0.136. The van der Waals surface area contributed by atoms with Gasteiger partial charge in [0.05, 0.1) is 31.2 Å². The summed E-state index contributed by atoms with van der Waals surface area (Å²) in [6, 6.07) is 9.07. The highest BCUT2D eigenvalue weighted by atomic mass is 32.2. The molecule has 0 saturated carbocycles. The largest absolute Gasteiger partial charge is 0.379 e. The van der Waals surface area contributed by atoms with Gasteiger partial charge in [0.2, 0.25) is 10.0 Å². The summed E-state index contributed by atoms with van der Waals surface area (Å²) >= 11 is 1.61. The number of nitrogens with one attached hydrogen (secondary N) is 2. The van der Waals surface area contributed by atoms with E-state index in [0.29, 0.717) is 37.7 Å². The van der Waals surface area contributed by atoms with Gasteiger partial charge in [-0.1, -0.05) is 12.1 Å². The first-order valence-electron chi connectivity index (χ1n) is 10.9. The van der Waals surface area contributed by atoms with Crippen molar-refractivity contribution < 1.29 is 22.7 Å². The summed E-state index contributed by atoms with van der Waals surface area (Å²) in [5.41, 5.74) is 1.83. The second kappa shape index (κ2) is 10.2. The fraction of sp³-hybridized carbons (Fsp3) is 0.455. The number of anilines is 2. The first-order chi connectivity index (χ1) is 15.8. The highest BCUT2D eigenvalue weighted by Crippen LogP contribution is 2.31. The Morgan fingerprint density at radius 2 is 1.94 bits per heavy atom. The molecular formula is C22H28N4O5S2. The zero-order valence-electron chi connectivity index (χ0n) is 18.5. The molecule has 33 heavy (non-hydrogen) atoms. The molecule has 1 aromatic carbocycles. The lowest BCUT2D eigenvalue weighted by atomic mass is 10.0. The van der Waals surface area contributed by atoms with Crippen molar-refractivity contribution >= 4 is 44.5 Å². The molecule has 0 aliphatic carbocycles. The SMILES string of the molecule is CS(=O)(=O)N1CCCc2ccc(NC(=O)C(=O)NC[C@H](c3cccs3)N3CCOCC3)cc21. The Labute approximate surface area is 197 Å². The third-order valence-electron chi connectivity index (χ3n) is 5.84. The van der Waals surface area contributed by atoms with Crippen LogP contribution in [0.4, 0.5) is 11.4 Å². The minimum absolute atomic E-state index is 0.0299. The molecule has 3 heterocycles. The fourth-order valence-corrected chi connectivity index (χ4v) is 6.05. The Balaban J connectivity index is 1.41. The summed E-state index contributed by atoms with van der Waals surface area (Å²) in [4.78, 5) is 28.5. The van der Waals surface area contributed by atoms with Gasteiger partial charge in [-0.2, -0.15) is 0 Å². The second-order valence-electron chi connectivity index (χ2n) is 8.13. The van der Waals surface area contributed by atoms with Gasteiger partial charge < -0.3 is 15.4 Å². The molecule has 2 aliphatic heterocycles. The Kier molecular flexibility index (Phi) is 7.32. The van der Waals surface area contributed by atoms with Crippen LogP contribution in [0.2, 0.25) is 0 Å². The van der Waals surface area contributed by atoms with Crippen LogP contribution in [-0.2, 0) is 30.8 Å². The van der Waals surface area contributed by atoms with Crippen LogP contribution in [0.15, 0.2) is 35.7 Å².